The average Bonchev–Trinajstić information content (AvgIpc) is 3.40. The van der Waals surface area contributed by atoms with Gasteiger partial charge < -0.3 is 14.9 Å². The summed E-state index contributed by atoms with van der Waals surface area (Å²) in [5.41, 5.74) is 3.00. The van der Waals surface area contributed by atoms with Gasteiger partial charge in [-0.1, -0.05) is 6.07 Å². The summed E-state index contributed by atoms with van der Waals surface area (Å²) in [6, 6.07) is 7.29. The largest absolute Gasteiger partial charge is 0.496 e. The third kappa shape index (κ3) is 3.32. The summed E-state index contributed by atoms with van der Waals surface area (Å²) < 4.78 is 7.10. The number of carboxylic acid groups (broad SMARTS) is 1. The highest BCUT2D eigenvalue weighted by atomic mass is 16.5. The highest BCUT2D eigenvalue weighted by Crippen LogP contribution is 2.40. The summed E-state index contributed by atoms with van der Waals surface area (Å²) in [6.07, 6.45) is 1.72. The number of aromatic carboxylic acids is 1. The summed E-state index contributed by atoms with van der Waals surface area (Å²) in [6.45, 7) is 3.01. The van der Waals surface area contributed by atoms with Crippen molar-refractivity contribution in [3.8, 4) is 5.75 Å². The maximum absolute atomic E-state index is 11.4. The summed E-state index contributed by atoms with van der Waals surface area (Å²) in [7, 11) is 1.47. The maximum Gasteiger partial charge on any atom is 0.339 e. The molecule has 7 heteroatoms. The lowest BCUT2D eigenvalue weighted by atomic mass is 10.1. The Balaban J connectivity index is 1.47. The van der Waals surface area contributed by atoms with Crippen molar-refractivity contribution in [2.75, 3.05) is 13.7 Å². The first-order valence-electron chi connectivity index (χ1n) is 8.92. The molecule has 1 atom stereocenters. The molecule has 1 aromatic carbocycles. The van der Waals surface area contributed by atoms with E-state index in [0.717, 1.165) is 49.4 Å². The van der Waals surface area contributed by atoms with Gasteiger partial charge in [0.05, 0.1) is 25.0 Å². The lowest BCUT2D eigenvalue weighted by Crippen LogP contribution is -2.33. The topological polar surface area (TPSA) is 87.8 Å². The van der Waals surface area contributed by atoms with Crippen molar-refractivity contribution in [2.24, 2.45) is 5.92 Å². The van der Waals surface area contributed by atoms with Crippen molar-refractivity contribution in [3.63, 3.8) is 0 Å². The van der Waals surface area contributed by atoms with Gasteiger partial charge in [0.25, 0.3) is 0 Å². The average molecular weight is 357 g/mol. The molecule has 1 aromatic heterocycles. The van der Waals surface area contributed by atoms with Crippen molar-refractivity contribution in [3.05, 3.63) is 46.8 Å². The molecule has 1 saturated carbocycles. The van der Waals surface area contributed by atoms with Crippen molar-refractivity contribution in [2.45, 2.75) is 38.6 Å². The van der Waals surface area contributed by atoms with E-state index in [1.165, 1.54) is 7.11 Å². The zero-order chi connectivity index (χ0) is 18.3. The van der Waals surface area contributed by atoms with Crippen LogP contribution in [0.4, 0.5) is 0 Å². The minimum Gasteiger partial charge on any atom is -0.496 e. The molecule has 26 heavy (non-hydrogen) atoms. The van der Waals surface area contributed by atoms with Gasteiger partial charge in [-0.05, 0) is 42.5 Å². The lowest BCUT2D eigenvalue weighted by Gasteiger charge is -2.27. The summed E-state index contributed by atoms with van der Waals surface area (Å²) >= 11 is 0. The Morgan fingerprint density at radius 3 is 2.85 bits per heavy atom. The third-order valence-corrected chi connectivity index (χ3v) is 5.17. The number of aliphatic hydroxyl groups is 1. The lowest BCUT2D eigenvalue weighted by molar-refractivity contribution is 0.0693. The summed E-state index contributed by atoms with van der Waals surface area (Å²) in [4.78, 5) is 13.6. The second-order valence-electron chi connectivity index (χ2n) is 7.12. The Kier molecular flexibility index (Phi) is 4.42. The highest BCUT2D eigenvalue weighted by molar-refractivity contribution is 5.91. The van der Waals surface area contributed by atoms with Crippen LogP contribution in [0.2, 0.25) is 0 Å². The Labute approximate surface area is 151 Å². The number of nitrogens with zero attached hydrogens (tertiary/aromatic N) is 3. The maximum atomic E-state index is 11.4. The molecule has 0 unspecified atom stereocenters. The van der Waals surface area contributed by atoms with Crippen molar-refractivity contribution < 1.29 is 19.7 Å². The Bertz CT molecular complexity index is 828. The first-order chi connectivity index (χ1) is 12.5. The Morgan fingerprint density at radius 1 is 1.35 bits per heavy atom. The number of carbonyl (C=O) groups is 1. The molecular formula is C19H23N3O4. The molecule has 0 radical (unpaired) electrons. The van der Waals surface area contributed by atoms with E-state index in [1.54, 1.807) is 12.1 Å². The molecule has 2 N–H and O–H groups in total. The molecule has 2 aliphatic rings. The van der Waals surface area contributed by atoms with Crippen LogP contribution < -0.4 is 4.74 Å². The Hall–Kier alpha value is -2.38. The van der Waals surface area contributed by atoms with Crippen LogP contribution in [0.5, 0.6) is 5.75 Å². The number of hydrogen-bond donors (Lipinski definition) is 2. The van der Waals surface area contributed by atoms with Gasteiger partial charge in [-0.2, -0.15) is 5.10 Å². The van der Waals surface area contributed by atoms with Crippen molar-refractivity contribution in [1.29, 1.82) is 0 Å². The highest BCUT2D eigenvalue weighted by Gasteiger charge is 2.33. The molecule has 138 valence electrons. The molecule has 0 amide bonds. The SMILES string of the molecule is COc1ccc(CN2CCn3nc([C@H](O)C4CC4)cc3C2)cc1C(=O)O. The fourth-order valence-corrected chi connectivity index (χ4v) is 3.55. The number of hydrogen-bond acceptors (Lipinski definition) is 5. The zero-order valence-electron chi connectivity index (χ0n) is 14.8. The van der Waals surface area contributed by atoms with E-state index in [-0.39, 0.29) is 5.56 Å². The minimum atomic E-state index is -0.987. The second kappa shape index (κ2) is 6.74. The van der Waals surface area contributed by atoms with Gasteiger partial charge in [-0.25, -0.2) is 4.79 Å². The van der Waals surface area contributed by atoms with E-state index >= 15 is 0 Å². The predicted molar refractivity (Wildman–Crippen MR) is 94.0 cm³/mol. The fraction of sp³-hybridized carbons (Fsp3) is 0.474. The van der Waals surface area contributed by atoms with Crippen LogP contribution in [0, 0.1) is 5.92 Å². The van der Waals surface area contributed by atoms with E-state index in [9.17, 15) is 15.0 Å². The number of benzene rings is 1. The second-order valence-corrected chi connectivity index (χ2v) is 7.12. The van der Waals surface area contributed by atoms with E-state index < -0.39 is 12.1 Å². The first kappa shape index (κ1) is 17.1. The van der Waals surface area contributed by atoms with Gasteiger partial charge in [-0.3, -0.25) is 9.58 Å². The number of ether oxygens (including phenoxy) is 1. The molecular weight excluding hydrogens is 334 g/mol. The molecule has 0 spiro atoms. The van der Waals surface area contributed by atoms with E-state index in [2.05, 4.69) is 10.00 Å². The van der Waals surface area contributed by atoms with Gasteiger partial charge in [0.2, 0.25) is 0 Å². The zero-order valence-corrected chi connectivity index (χ0v) is 14.8. The third-order valence-electron chi connectivity index (χ3n) is 5.17. The molecule has 2 heterocycles. The van der Waals surface area contributed by atoms with Crippen LogP contribution >= 0.6 is 0 Å². The summed E-state index contributed by atoms with van der Waals surface area (Å²) in [5.74, 6) is -0.243. The normalized spacial score (nSPS) is 18.4. The number of rotatable bonds is 6. The van der Waals surface area contributed by atoms with Crippen LogP contribution in [0.15, 0.2) is 24.3 Å². The molecule has 0 bridgehead atoms. The number of methoxy groups -OCH3 is 1. The monoisotopic (exact) mass is 357 g/mol. The fourth-order valence-electron chi connectivity index (χ4n) is 3.55. The van der Waals surface area contributed by atoms with E-state index in [4.69, 9.17) is 4.74 Å². The van der Waals surface area contributed by atoms with Crippen LogP contribution in [0.25, 0.3) is 0 Å². The van der Waals surface area contributed by atoms with Crippen LogP contribution in [0.3, 0.4) is 0 Å². The van der Waals surface area contributed by atoms with Gasteiger partial charge in [-0.15, -0.1) is 0 Å². The molecule has 7 nitrogen and oxygen atoms in total. The van der Waals surface area contributed by atoms with Gasteiger partial charge in [0.15, 0.2) is 0 Å². The van der Waals surface area contributed by atoms with Crippen LogP contribution in [-0.4, -0.2) is 44.5 Å². The number of fused-ring (bicyclic) bond motifs is 1. The molecule has 1 aliphatic heterocycles. The molecule has 4 rings (SSSR count). The van der Waals surface area contributed by atoms with Crippen molar-refractivity contribution >= 4 is 5.97 Å². The van der Waals surface area contributed by atoms with E-state index in [1.807, 2.05) is 16.8 Å². The Morgan fingerprint density at radius 2 is 2.15 bits per heavy atom. The van der Waals surface area contributed by atoms with Gasteiger partial charge >= 0.3 is 5.97 Å². The molecule has 1 fully saturated rings. The molecule has 1 aliphatic carbocycles. The first-order valence-corrected chi connectivity index (χ1v) is 8.92. The number of aromatic nitrogens is 2. The summed E-state index contributed by atoms with van der Waals surface area (Å²) in [5, 5.41) is 24.2. The number of carboxylic acids is 1. The number of aliphatic hydroxyl groups excluding tert-OH is 1. The van der Waals surface area contributed by atoms with Gasteiger partial charge in [0.1, 0.15) is 17.4 Å². The van der Waals surface area contributed by atoms with Gasteiger partial charge in [0, 0.05) is 19.6 Å². The van der Waals surface area contributed by atoms with Crippen LogP contribution in [-0.2, 0) is 19.6 Å². The van der Waals surface area contributed by atoms with Crippen LogP contribution in [0.1, 0.15) is 46.3 Å². The standard InChI is InChI=1S/C19H23N3O4/c1-26-17-5-2-12(8-15(17)19(24)25)10-21-6-7-22-14(11-21)9-16(20-22)18(23)13-3-4-13/h2,5,8-9,13,18,23H,3-4,6-7,10-11H2,1H3,(H,24,25)/t18-/m1/s1. The van der Waals surface area contributed by atoms with E-state index in [0.29, 0.717) is 18.2 Å². The smallest absolute Gasteiger partial charge is 0.339 e. The predicted octanol–water partition coefficient (Wildman–Crippen LogP) is 2.05. The molecule has 2 aromatic rings. The minimum absolute atomic E-state index is 0.182. The quantitative estimate of drug-likeness (QED) is 0.823. The van der Waals surface area contributed by atoms with Crippen molar-refractivity contribution in [1.82, 2.24) is 14.7 Å². The molecule has 0 saturated heterocycles.